The number of rotatable bonds is 6. The van der Waals surface area contributed by atoms with Crippen LogP contribution in [0, 0.1) is 12.8 Å². The molecule has 0 bridgehead atoms. The molecule has 1 amide bonds. The topological polar surface area (TPSA) is 94.0 Å². The standard InChI is InChI=1S/C13H22N4O2/c1-9-16-17-13(19-9)8-15-11(7-12(14)18)10-5-3-2-4-6-10/h10-11,15H,2-8H2,1H3,(H2,14,18)/t11-/m0/s1. The number of aromatic nitrogens is 2. The molecule has 6 nitrogen and oxygen atoms in total. The highest BCUT2D eigenvalue weighted by Crippen LogP contribution is 2.27. The van der Waals surface area contributed by atoms with Crippen LogP contribution in [0.1, 0.15) is 50.3 Å². The molecule has 2 rings (SSSR count). The Labute approximate surface area is 113 Å². The van der Waals surface area contributed by atoms with E-state index in [1.807, 2.05) is 0 Å². The van der Waals surface area contributed by atoms with E-state index in [1.165, 1.54) is 19.3 Å². The van der Waals surface area contributed by atoms with Gasteiger partial charge in [0.2, 0.25) is 17.7 Å². The first-order chi connectivity index (χ1) is 9.15. The fraction of sp³-hybridized carbons (Fsp3) is 0.769. The first-order valence-corrected chi connectivity index (χ1v) is 6.96. The van der Waals surface area contributed by atoms with Crippen molar-refractivity contribution in [2.75, 3.05) is 0 Å². The average molecular weight is 266 g/mol. The number of nitrogens with two attached hydrogens (primary N) is 1. The van der Waals surface area contributed by atoms with Crippen LogP contribution >= 0.6 is 0 Å². The van der Waals surface area contributed by atoms with Crippen LogP contribution in [-0.4, -0.2) is 22.1 Å². The molecule has 1 aliphatic rings. The van der Waals surface area contributed by atoms with E-state index in [0.717, 1.165) is 12.8 Å². The van der Waals surface area contributed by atoms with Crippen molar-refractivity contribution in [1.29, 1.82) is 0 Å². The molecule has 0 saturated heterocycles. The molecule has 0 radical (unpaired) electrons. The average Bonchev–Trinajstić information content (AvgIpc) is 2.81. The zero-order chi connectivity index (χ0) is 13.7. The molecule has 1 heterocycles. The van der Waals surface area contributed by atoms with Crippen LogP contribution in [0.15, 0.2) is 4.42 Å². The molecule has 1 aliphatic carbocycles. The van der Waals surface area contributed by atoms with Crippen molar-refractivity contribution >= 4 is 5.91 Å². The van der Waals surface area contributed by atoms with Crippen molar-refractivity contribution in [2.45, 2.75) is 58.0 Å². The Bertz CT molecular complexity index is 413. The summed E-state index contributed by atoms with van der Waals surface area (Å²) in [6, 6.07) is 0.116. The number of nitrogens with one attached hydrogen (secondary N) is 1. The number of amides is 1. The highest BCUT2D eigenvalue weighted by atomic mass is 16.4. The van der Waals surface area contributed by atoms with Gasteiger partial charge in [-0.1, -0.05) is 19.3 Å². The fourth-order valence-corrected chi connectivity index (χ4v) is 2.79. The van der Waals surface area contributed by atoms with Crippen molar-refractivity contribution in [3.8, 4) is 0 Å². The van der Waals surface area contributed by atoms with Gasteiger partial charge in [0.25, 0.3) is 0 Å². The molecular weight excluding hydrogens is 244 g/mol. The quantitative estimate of drug-likeness (QED) is 0.809. The van der Waals surface area contributed by atoms with Crippen LogP contribution in [0.5, 0.6) is 0 Å². The molecule has 106 valence electrons. The second-order valence-electron chi connectivity index (χ2n) is 5.27. The lowest BCUT2D eigenvalue weighted by Crippen LogP contribution is -2.40. The van der Waals surface area contributed by atoms with E-state index in [2.05, 4.69) is 15.5 Å². The zero-order valence-electron chi connectivity index (χ0n) is 11.4. The minimum Gasteiger partial charge on any atom is -0.424 e. The monoisotopic (exact) mass is 266 g/mol. The lowest BCUT2D eigenvalue weighted by atomic mass is 9.82. The fourth-order valence-electron chi connectivity index (χ4n) is 2.79. The van der Waals surface area contributed by atoms with E-state index >= 15 is 0 Å². The van der Waals surface area contributed by atoms with Crippen molar-refractivity contribution in [3.63, 3.8) is 0 Å². The van der Waals surface area contributed by atoms with Crippen molar-refractivity contribution in [3.05, 3.63) is 11.8 Å². The smallest absolute Gasteiger partial charge is 0.230 e. The molecule has 6 heteroatoms. The molecule has 19 heavy (non-hydrogen) atoms. The predicted molar refractivity (Wildman–Crippen MR) is 70.0 cm³/mol. The van der Waals surface area contributed by atoms with Crippen molar-refractivity contribution in [1.82, 2.24) is 15.5 Å². The Kier molecular flexibility index (Phi) is 4.90. The molecule has 1 fully saturated rings. The van der Waals surface area contributed by atoms with Gasteiger partial charge >= 0.3 is 0 Å². The second-order valence-corrected chi connectivity index (χ2v) is 5.27. The van der Waals surface area contributed by atoms with Gasteiger partial charge in [0.15, 0.2) is 0 Å². The molecule has 0 aromatic carbocycles. The van der Waals surface area contributed by atoms with Crippen LogP contribution in [-0.2, 0) is 11.3 Å². The summed E-state index contributed by atoms with van der Waals surface area (Å²) in [6.45, 7) is 2.26. The molecule has 0 unspecified atom stereocenters. The van der Waals surface area contributed by atoms with Gasteiger partial charge in [0.1, 0.15) is 0 Å². The predicted octanol–water partition coefficient (Wildman–Crippen LogP) is 1.29. The van der Waals surface area contributed by atoms with Crippen LogP contribution in [0.4, 0.5) is 0 Å². The first-order valence-electron chi connectivity index (χ1n) is 6.96. The number of aryl methyl sites for hydroxylation is 1. The number of hydrogen-bond donors (Lipinski definition) is 2. The van der Waals surface area contributed by atoms with Crippen LogP contribution < -0.4 is 11.1 Å². The third-order valence-electron chi connectivity index (χ3n) is 3.72. The van der Waals surface area contributed by atoms with Gasteiger partial charge < -0.3 is 15.5 Å². The third-order valence-corrected chi connectivity index (χ3v) is 3.72. The summed E-state index contributed by atoms with van der Waals surface area (Å²) in [7, 11) is 0. The summed E-state index contributed by atoms with van der Waals surface area (Å²) in [5.74, 6) is 1.37. The summed E-state index contributed by atoms with van der Waals surface area (Å²) in [5.41, 5.74) is 5.34. The van der Waals surface area contributed by atoms with E-state index in [4.69, 9.17) is 10.2 Å². The maximum absolute atomic E-state index is 11.2. The number of hydrogen-bond acceptors (Lipinski definition) is 5. The molecule has 1 aromatic rings. The molecular formula is C13H22N4O2. The molecule has 3 N–H and O–H groups in total. The number of carbonyl (C=O) groups is 1. The van der Waals surface area contributed by atoms with E-state index in [0.29, 0.717) is 30.7 Å². The van der Waals surface area contributed by atoms with Crippen molar-refractivity contribution < 1.29 is 9.21 Å². The van der Waals surface area contributed by atoms with Crippen LogP contribution in [0.2, 0.25) is 0 Å². The SMILES string of the molecule is Cc1nnc(CN[C@@H](CC(N)=O)C2CCCCC2)o1. The maximum atomic E-state index is 11.2. The van der Waals surface area contributed by atoms with E-state index in [9.17, 15) is 4.79 Å². The molecule has 0 aliphatic heterocycles. The largest absolute Gasteiger partial charge is 0.424 e. The lowest BCUT2D eigenvalue weighted by Gasteiger charge is -2.30. The van der Waals surface area contributed by atoms with Gasteiger partial charge in [-0.2, -0.15) is 0 Å². The van der Waals surface area contributed by atoms with Crippen LogP contribution in [0.25, 0.3) is 0 Å². The molecule has 1 saturated carbocycles. The zero-order valence-corrected chi connectivity index (χ0v) is 11.4. The summed E-state index contributed by atoms with van der Waals surface area (Å²) in [4.78, 5) is 11.2. The summed E-state index contributed by atoms with van der Waals surface area (Å²) >= 11 is 0. The first kappa shape index (κ1) is 14.0. The van der Waals surface area contributed by atoms with Gasteiger partial charge in [0, 0.05) is 19.4 Å². The van der Waals surface area contributed by atoms with Crippen LogP contribution in [0.3, 0.4) is 0 Å². The minimum absolute atomic E-state index is 0.116. The molecule has 1 atom stereocenters. The van der Waals surface area contributed by atoms with Gasteiger partial charge in [0.05, 0.1) is 6.54 Å². The Balaban J connectivity index is 1.90. The normalized spacial score (nSPS) is 18.4. The van der Waals surface area contributed by atoms with Gasteiger partial charge in [-0.3, -0.25) is 4.79 Å². The van der Waals surface area contributed by atoms with Gasteiger partial charge in [-0.15, -0.1) is 10.2 Å². The van der Waals surface area contributed by atoms with Gasteiger partial charge in [-0.05, 0) is 18.8 Å². The Morgan fingerprint density at radius 2 is 2.16 bits per heavy atom. The highest BCUT2D eigenvalue weighted by molar-refractivity contribution is 5.74. The number of carbonyl (C=O) groups excluding carboxylic acids is 1. The third kappa shape index (κ3) is 4.31. The second kappa shape index (κ2) is 6.65. The van der Waals surface area contributed by atoms with E-state index < -0.39 is 0 Å². The Hall–Kier alpha value is -1.43. The maximum Gasteiger partial charge on any atom is 0.230 e. The Morgan fingerprint density at radius 3 is 2.74 bits per heavy atom. The Morgan fingerprint density at radius 1 is 1.42 bits per heavy atom. The minimum atomic E-state index is -0.259. The van der Waals surface area contributed by atoms with Crippen molar-refractivity contribution in [2.24, 2.45) is 11.7 Å². The molecule has 0 spiro atoms. The number of nitrogens with zero attached hydrogens (tertiary/aromatic N) is 2. The summed E-state index contributed by atoms with van der Waals surface area (Å²) in [5, 5.41) is 11.1. The van der Waals surface area contributed by atoms with Gasteiger partial charge in [-0.25, -0.2) is 0 Å². The number of primary amides is 1. The van der Waals surface area contributed by atoms with E-state index in [1.54, 1.807) is 6.92 Å². The highest BCUT2D eigenvalue weighted by Gasteiger charge is 2.25. The summed E-state index contributed by atoms with van der Waals surface area (Å²) < 4.78 is 5.33. The summed E-state index contributed by atoms with van der Waals surface area (Å²) in [6.07, 6.45) is 6.46. The van der Waals surface area contributed by atoms with E-state index in [-0.39, 0.29) is 11.9 Å². The molecule has 1 aromatic heterocycles. The lowest BCUT2D eigenvalue weighted by molar-refractivity contribution is -0.118.